The summed E-state index contributed by atoms with van der Waals surface area (Å²) in [6.07, 6.45) is 4.97. The van der Waals surface area contributed by atoms with Gasteiger partial charge in [-0.2, -0.15) is 0 Å². The van der Waals surface area contributed by atoms with E-state index in [9.17, 15) is 8.42 Å². The normalized spacial score (nSPS) is 15.7. The molecule has 124 valence electrons. The molecule has 1 saturated carbocycles. The molecule has 3 rings (SSSR count). The Morgan fingerprint density at radius 2 is 1.87 bits per heavy atom. The molecule has 23 heavy (non-hydrogen) atoms. The zero-order valence-corrected chi connectivity index (χ0v) is 14.8. The van der Waals surface area contributed by atoms with Crippen LogP contribution in [0.5, 0.6) is 5.75 Å². The van der Waals surface area contributed by atoms with Crippen LogP contribution in [-0.2, 0) is 10.0 Å². The first-order chi connectivity index (χ1) is 11.1. The number of benzene rings is 1. The van der Waals surface area contributed by atoms with Crippen molar-refractivity contribution < 1.29 is 13.2 Å². The third-order valence-electron chi connectivity index (χ3n) is 4.06. The molecule has 6 heteroatoms. The second-order valence-corrected chi connectivity index (χ2v) is 8.66. The number of hydrogen-bond donors (Lipinski definition) is 0. The van der Waals surface area contributed by atoms with Gasteiger partial charge in [0, 0.05) is 6.54 Å². The maximum atomic E-state index is 12.7. The van der Waals surface area contributed by atoms with Crippen LogP contribution < -0.4 is 9.04 Å². The second-order valence-electron chi connectivity index (χ2n) is 5.62. The molecular formula is C17H21NO3S2. The first-order valence-corrected chi connectivity index (χ1v) is 10.3. The van der Waals surface area contributed by atoms with Gasteiger partial charge in [-0.3, -0.25) is 4.31 Å². The van der Waals surface area contributed by atoms with Crippen molar-refractivity contribution in [3.05, 3.63) is 41.8 Å². The molecule has 0 spiro atoms. The van der Waals surface area contributed by atoms with Gasteiger partial charge in [0.25, 0.3) is 10.0 Å². The largest absolute Gasteiger partial charge is 0.490 e. The fourth-order valence-electron chi connectivity index (χ4n) is 2.90. The minimum absolute atomic E-state index is 0.304. The van der Waals surface area contributed by atoms with Crippen molar-refractivity contribution in [2.75, 3.05) is 10.8 Å². The highest BCUT2D eigenvalue weighted by atomic mass is 32.2. The van der Waals surface area contributed by atoms with Gasteiger partial charge >= 0.3 is 0 Å². The summed E-state index contributed by atoms with van der Waals surface area (Å²) in [5.74, 6) is 0.810. The molecule has 4 nitrogen and oxygen atoms in total. The number of thiophene rings is 1. The van der Waals surface area contributed by atoms with Crippen LogP contribution in [0.15, 0.2) is 46.0 Å². The van der Waals surface area contributed by atoms with Crippen molar-refractivity contribution in [3.63, 3.8) is 0 Å². The molecule has 0 amide bonds. The summed E-state index contributed by atoms with van der Waals surface area (Å²) >= 11 is 1.24. The average Bonchev–Trinajstić information content (AvgIpc) is 3.22. The van der Waals surface area contributed by atoms with Crippen LogP contribution in [0.1, 0.15) is 32.6 Å². The minimum Gasteiger partial charge on any atom is -0.490 e. The van der Waals surface area contributed by atoms with Crippen molar-refractivity contribution in [2.24, 2.45) is 0 Å². The zero-order valence-electron chi connectivity index (χ0n) is 13.1. The summed E-state index contributed by atoms with van der Waals surface area (Å²) in [6.45, 7) is 2.23. The second kappa shape index (κ2) is 6.93. The Morgan fingerprint density at radius 1 is 1.17 bits per heavy atom. The number of anilines is 1. The third kappa shape index (κ3) is 3.53. The highest BCUT2D eigenvalue weighted by Crippen LogP contribution is 2.29. The quantitative estimate of drug-likeness (QED) is 0.780. The molecule has 0 aliphatic heterocycles. The molecule has 0 N–H and O–H groups in total. The Balaban J connectivity index is 1.79. The van der Waals surface area contributed by atoms with Crippen molar-refractivity contribution in [1.82, 2.24) is 0 Å². The van der Waals surface area contributed by atoms with E-state index in [1.807, 2.05) is 31.2 Å². The Bertz CT molecular complexity index is 718. The molecule has 1 aliphatic carbocycles. The van der Waals surface area contributed by atoms with Crippen molar-refractivity contribution in [3.8, 4) is 5.75 Å². The molecule has 1 aliphatic rings. The first kappa shape index (κ1) is 16.3. The third-order valence-corrected chi connectivity index (χ3v) is 7.33. The lowest BCUT2D eigenvalue weighted by Gasteiger charge is -2.22. The van der Waals surface area contributed by atoms with Gasteiger partial charge in [-0.25, -0.2) is 8.42 Å². The minimum atomic E-state index is -3.49. The monoisotopic (exact) mass is 351 g/mol. The summed E-state index contributed by atoms with van der Waals surface area (Å²) in [7, 11) is -3.49. The molecule has 1 heterocycles. The fourth-order valence-corrected chi connectivity index (χ4v) is 5.48. The lowest BCUT2D eigenvalue weighted by Crippen LogP contribution is -2.30. The van der Waals surface area contributed by atoms with E-state index in [4.69, 9.17) is 4.74 Å². The summed E-state index contributed by atoms with van der Waals surface area (Å²) in [6, 6.07) is 10.8. The van der Waals surface area contributed by atoms with Crippen LogP contribution in [0, 0.1) is 0 Å². The molecular weight excluding hydrogens is 330 g/mol. The van der Waals surface area contributed by atoms with Gasteiger partial charge in [-0.15, -0.1) is 11.3 Å². The van der Waals surface area contributed by atoms with E-state index in [0.717, 1.165) is 18.6 Å². The number of hydrogen-bond acceptors (Lipinski definition) is 4. The number of rotatable bonds is 6. The topological polar surface area (TPSA) is 46.6 Å². The SMILES string of the molecule is CCN(c1ccc(OC2CCCC2)cc1)S(=O)(=O)c1cccs1. The predicted octanol–water partition coefficient (Wildman–Crippen LogP) is 4.28. The Kier molecular flexibility index (Phi) is 4.92. The van der Waals surface area contributed by atoms with Crippen LogP contribution in [0.25, 0.3) is 0 Å². The number of nitrogens with zero attached hydrogens (tertiary/aromatic N) is 1. The van der Waals surface area contributed by atoms with Gasteiger partial charge in [-0.1, -0.05) is 6.07 Å². The van der Waals surface area contributed by atoms with Gasteiger partial charge in [0.1, 0.15) is 9.96 Å². The molecule has 0 radical (unpaired) electrons. The summed E-state index contributed by atoms with van der Waals surface area (Å²) in [5, 5.41) is 1.78. The van der Waals surface area contributed by atoms with Crippen LogP contribution >= 0.6 is 11.3 Å². The maximum Gasteiger partial charge on any atom is 0.273 e. The van der Waals surface area contributed by atoms with Gasteiger partial charge in [0.05, 0.1) is 11.8 Å². The lowest BCUT2D eigenvalue weighted by atomic mass is 10.2. The van der Waals surface area contributed by atoms with Crippen molar-refractivity contribution in [2.45, 2.75) is 42.9 Å². The van der Waals surface area contributed by atoms with Crippen molar-refractivity contribution >= 4 is 27.0 Å². The van der Waals surface area contributed by atoms with Gasteiger partial charge in [0.2, 0.25) is 0 Å². The van der Waals surface area contributed by atoms with E-state index in [2.05, 4.69) is 0 Å². The lowest BCUT2D eigenvalue weighted by molar-refractivity contribution is 0.210. The molecule has 1 aromatic heterocycles. The summed E-state index contributed by atoms with van der Waals surface area (Å²) in [4.78, 5) is 0. The van der Waals surface area contributed by atoms with E-state index < -0.39 is 10.0 Å². The molecule has 2 aromatic rings. The Labute approximate surface area is 141 Å². The smallest absolute Gasteiger partial charge is 0.273 e. The predicted molar refractivity (Wildman–Crippen MR) is 93.9 cm³/mol. The molecule has 0 bridgehead atoms. The molecule has 1 aromatic carbocycles. The highest BCUT2D eigenvalue weighted by molar-refractivity contribution is 7.94. The van der Waals surface area contributed by atoms with Crippen LogP contribution in [0.3, 0.4) is 0 Å². The van der Waals surface area contributed by atoms with E-state index in [1.54, 1.807) is 17.5 Å². The van der Waals surface area contributed by atoms with Crippen LogP contribution in [0.2, 0.25) is 0 Å². The molecule has 0 unspecified atom stereocenters. The summed E-state index contributed by atoms with van der Waals surface area (Å²) in [5.41, 5.74) is 0.666. The van der Waals surface area contributed by atoms with Crippen molar-refractivity contribution in [1.29, 1.82) is 0 Å². The first-order valence-electron chi connectivity index (χ1n) is 7.94. The van der Waals surface area contributed by atoms with E-state index >= 15 is 0 Å². The Hall–Kier alpha value is -1.53. The van der Waals surface area contributed by atoms with Crippen LogP contribution in [0.4, 0.5) is 5.69 Å². The van der Waals surface area contributed by atoms with E-state index in [1.165, 1.54) is 28.5 Å². The van der Waals surface area contributed by atoms with E-state index in [0.29, 0.717) is 22.5 Å². The molecule has 1 fully saturated rings. The van der Waals surface area contributed by atoms with Crippen LogP contribution in [-0.4, -0.2) is 21.1 Å². The highest BCUT2D eigenvalue weighted by Gasteiger charge is 2.24. The fraction of sp³-hybridized carbons (Fsp3) is 0.412. The maximum absolute atomic E-state index is 12.7. The van der Waals surface area contributed by atoms with Gasteiger partial charge < -0.3 is 4.74 Å². The van der Waals surface area contributed by atoms with Gasteiger partial charge in [-0.05, 0) is 68.3 Å². The van der Waals surface area contributed by atoms with E-state index in [-0.39, 0.29) is 0 Å². The average molecular weight is 351 g/mol. The standard InChI is InChI=1S/C17H21NO3S2/c1-2-18(23(19,20)17-8-5-13-22-17)14-9-11-16(12-10-14)21-15-6-3-4-7-15/h5,8-13,15H,2-4,6-7H2,1H3. The number of ether oxygens (including phenoxy) is 1. The Morgan fingerprint density at radius 3 is 2.43 bits per heavy atom. The summed E-state index contributed by atoms with van der Waals surface area (Å²) < 4.78 is 33.1. The molecule has 0 saturated heterocycles. The molecule has 0 atom stereocenters. The zero-order chi connectivity index (χ0) is 16.3. The number of sulfonamides is 1. The van der Waals surface area contributed by atoms with Gasteiger partial charge in [0.15, 0.2) is 0 Å².